The van der Waals surface area contributed by atoms with Gasteiger partial charge in [0.05, 0.1) is 6.42 Å². The van der Waals surface area contributed by atoms with Crippen molar-refractivity contribution in [2.24, 2.45) is 5.73 Å². The Labute approximate surface area is 247 Å². The molecule has 3 aromatic rings. The van der Waals surface area contributed by atoms with Gasteiger partial charge in [0.25, 0.3) is 5.91 Å². The number of anilines is 1. The van der Waals surface area contributed by atoms with Crippen molar-refractivity contribution in [2.45, 2.75) is 71.2 Å². The molecule has 4 amide bonds. The highest BCUT2D eigenvalue weighted by molar-refractivity contribution is 6.01. The molecule has 0 saturated carbocycles. The van der Waals surface area contributed by atoms with E-state index in [4.69, 9.17) is 10.5 Å². The van der Waals surface area contributed by atoms with Gasteiger partial charge in [0, 0.05) is 11.7 Å². The zero-order valence-electron chi connectivity index (χ0n) is 24.8. The topological polar surface area (TPSA) is 131 Å². The average Bonchev–Trinajstić information content (AvgIpc) is 2.93. The second kappa shape index (κ2) is 13.8. The van der Waals surface area contributed by atoms with Gasteiger partial charge in [-0.3, -0.25) is 14.4 Å². The molecular formula is C33H40N4O5. The monoisotopic (exact) mass is 572 g/mol. The number of carbonyl (C=O) groups excluding carboxylic acids is 4. The van der Waals surface area contributed by atoms with E-state index in [-0.39, 0.29) is 0 Å². The van der Waals surface area contributed by atoms with Gasteiger partial charge in [0.15, 0.2) is 0 Å². The van der Waals surface area contributed by atoms with Gasteiger partial charge in [-0.25, -0.2) is 4.79 Å². The van der Waals surface area contributed by atoms with Crippen LogP contribution in [0.1, 0.15) is 64.6 Å². The molecule has 9 nitrogen and oxygen atoms in total. The molecule has 42 heavy (non-hydrogen) atoms. The Bertz CT molecular complexity index is 1460. The number of rotatable bonds is 11. The first-order valence-electron chi connectivity index (χ1n) is 13.9. The Morgan fingerprint density at radius 2 is 1.69 bits per heavy atom. The van der Waals surface area contributed by atoms with Crippen LogP contribution in [0, 0.1) is 0 Å². The highest BCUT2D eigenvalue weighted by Crippen LogP contribution is 2.29. The fourth-order valence-corrected chi connectivity index (χ4v) is 4.60. The van der Waals surface area contributed by atoms with E-state index in [0.717, 1.165) is 16.3 Å². The minimum absolute atomic E-state index is 0.463. The molecule has 0 aliphatic rings. The molecule has 0 aliphatic heterocycles. The molecule has 0 radical (unpaired) electrons. The van der Waals surface area contributed by atoms with Crippen LogP contribution in [-0.4, -0.2) is 46.4 Å². The lowest BCUT2D eigenvalue weighted by atomic mass is 9.97. The third-order valence-electron chi connectivity index (χ3n) is 6.72. The van der Waals surface area contributed by atoms with E-state index >= 15 is 0 Å². The second-order valence-electron chi connectivity index (χ2n) is 11.2. The molecule has 0 aliphatic carbocycles. The number of alkyl carbamates (subject to hydrolysis) is 1. The van der Waals surface area contributed by atoms with Crippen LogP contribution in [0.15, 0.2) is 73.3 Å². The van der Waals surface area contributed by atoms with E-state index in [1.165, 1.54) is 4.90 Å². The Balaban J connectivity index is 2.08. The Morgan fingerprint density at radius 1 is 1.00 bits per heavy atom. The van der Waals surface area contributed by atoms with E-state index in [1.54, 1.807) is 58.0 Å². The molecule has 222 valence electrons. The van der Waals surface area contributed by atoms with Crippen molar-refractivity contribution < 1.29 is 23.9 Å². The van der Waals surface area contributed by atoms with Crippen LogP contribution < -0.4 is 16.4 Å². The lowest BCUT2D eigenvalue weighted by Crippen LogP contribution is -2.55. The largest absolute Gasteiger partial charge is 0.444 e. The smallest absolute Gasteiger partial charge is 0.408 e. The van der Waals surface area contributed by atoms with Gasteiger partial charge >= 0.3 is 6.09 Å². The lowest BCUT2D eigenvalue weighted by Gasteiger charge is -2.38. The third-order valence-corrected chi connectivity index (χ3v) is 6.72. The van der Waals surface area contributed by atoms with Crippen LogP contribution in [0.3, 0.4) is 0 Å². The molecule has 3 unspecified atom stereocenters. The molecule has 4 N–H and O–H groups in total. The molecule has 3 rings (SSSR count). The number of primary amides is 1. The first-order valence-corrected chi connectivity index (χ1v) is 13.9. The van der Waals surface area contributed by atoms with Crippen LogP contribution in [0.4, 0.5) is 10.5 Å². The summed E-state index contributed by atoms with van der Waals surface area (Å²) in [5.74, 6) is -1.90. The summed E-state index contributed by atoms with van der Waals surface area (Å²) in [6.07, 6.45) is 0.785. The van der Waals surface area contributed by atoms with Crippen molar-refractivity contribution in [2.75, 3.05) is 5.32 Å². The molecule has 0 spiro atoms. The minimum atomic E-state index is -1.36. The zero-order chi connectivity index (χ0) is 31.0. The number of nitrogens with one attached hydrogen (secondary N) is 2. The molecule has 9 heteroatoms. The summed E-state index contributed by atoms with van der Waals surface area (Å²) < 4.78 is 5.34. The summed E-state index contributed by atoms with van der Waals surface area (Å²) in [5.41, 5.74) is 6.49. The maximum Gasteiger partial charge on any atom is 0.408 e. The number of ether oxygens (including phenoxy) is 1. The number of hydrogen-bond donors (Lipinski definition) is 3. The van der Waals surface area contributed by atoms with Gasteiger partial charge in [-0.15, -0.1) is 0 Å². The summed E-state index contributed by atoms with van der Waals surface area (Å²) in [6.45, 7) is 12.6. The van der Waals surface area contributed by atoms with Crippen LogP contribution >= 0.6 is 0 Å². The van der Waals surface area contributed by atoms with Crippen molar-refractivity contribution >= 4 is 46.4 Å². The van der Waals surface area contributed by atoms with Crippen LogP contribution in [0.2, 0.25) is 0 Å². The van der Waals surface area contributed by atoms with Crippen LogP contribution in [0.5, 0.6) is 0 Å². The van der Waals surface area contributed by atoms with Crippen LogP contribution in [0.25, 0.3) is 16.8 Å². The number of fused-ring (bicyclic) bond motifs is 1. The van der Waals surface area contributed by atoms with E-state index < -0.39 is 54.0 Å². The lowest BCUT2D eigenvalue weighted by molar-refractivity contribution is -0.144. The van der Waals surface area contributed by atoms with Crippen molar-refractivity contribution in [1.82, 2.24) is 10.2 Å². The average molecular weight is 573 g/mol. The zero-order valence-corrected chi connectivity index (χ0v) is 24.8. The maximum atomic E-state index is 14.2. The van der Waals surface area contributed by atoms with E-state index in [2.05, 4.69) is 17.2 Å². The van der Waals surface area contributed by atoms with Crippen molar-refractivity contribution in [1.29, 1.82) is 0 Å². The molecule has 0 saturated heterocycles. The summed E-state index contributed by atoms with van der Waals surface area (Å²) in [5, 5.41) is 7.44. The van der Waals surface area contributed by atoms with Crippen molar-refractivity contribution in [3.8, 4) is 0 Å². The summed E-state index contributed by atoms with van der Waals surface area (Å²) in [6, 6.07) is 17.6. The molecule has 0 heterocycles. The van der Waals surface area contributed by atoms with E-state index in [9.17, 15) is 19.2 Å². The molecule has 0 fully saturated rings. The van der Waals surface area contributed by atoms with E-state index in [1.807, 2.05) is 49.4 Å². The number of nitrogens with two attached hydrogens (primary N) is 1. The molecule has 0 aromatic heterocycles. The Morgan fingerprint density at radius 3 is 2.31 bits per heavy atom. The van der Waals surface area contributed by atoms with Gasteiger partial charge in [-0.2, -0.15) is 0 Å². The van der Waals surface area contributed by atoms with Crippen molar-refractivity contribution in [3.63, 3.8) is 0 Å². The SMILES string of the molecule is C=Cc1cccc(C(C(=O)Nc2ccc3ccccc3c2)N(C(=O)C(CC(N)=O)NC(=O)OC(C)(C)C)C(C)CC)c1. The maximum absolute atomic E-state index is 14.2. The van der Waals surface area contributed by atoms with Gasteiger partial charge in [0.2, 0.25) is 11.8 Å². The molecular weight excluding hydrogens is 532 g/mol. The molecule has 3 atom stereocenters. The summed E-state index contributed by atoms with van der Waals surface area (Å²) >= 11 is 0. The highest BCUT2D eigenvalue weighted by atomic mass is 16.6. The van der Waals surface area contributed by atoms with Crippen molar-refractivity contribution in [3.05, 3.63) is 84.4 Å². The molecule has 3 aromatic carbocycles. The van der Waals surface area contributed by atoms with Gasteiger partial charge in [-0.1, -0.05) is 68.1 Å². The standard InChI is InChI=1S/C33H40N4O5/c1-7-21(3)37(31(40)27(20-28(34)38)36-32(41)42-33(4,5)6)29(25-15-11-12-22(8-2)18-25)30(39)35-26-17-16-23-13-9-10-14-24(23)19-26/h8-19,21,27,29H,2,7,20H2,1,3-6H3,(H2,34,38)(H,35,39)(H,36,41). The first-order chi connectivity index (χ1) is 19.8. The number of benzene rings is 3. The molecule has 0 bridgehead atoms. The Kier molecular flexibility index (Phi) is 10.5. The van der Waals surface area contributed by atoms with Gasteiger partial charge < -0.3 is 26.0 Å². The number of nitrogens with zero attached hydrogens (tertiary/aromatic N) is 1. The number of carbonyl (C=O) groups is 4. The first kappa shape index (κ1) is 31.9. The fourth-order valence-electron chi connectivity index (χ4n) is 4.60. The number of amides is 4. The van der Waals surface area contributed by atoms with Gasteiger partial charge in [-0.05, 0) is 74.2 Å². The summed E-state index contributed by atoms with van der Waals surface area (Å²) in [7, 11) is 0. The third kappa shape index (κ3) is 8.42. The quantitative estimate of drug-likeness (QED) is 0.277. The number of hydrogen-bond acceptors (Lipinski definition) is 5. The predicted octanol–water partition coefficient (Wildman–Crippen LogP) is 5.56. The van der Waals surface area contributed by atoms with Crippen LogP contribution in [-0.2, 0) is 19.1 Å². The Hall–Kier alpha value is -4.66. The van der Waals surface area contributed by atoms with Gasteiger partial charge in [0.1, 0.15) is 17.7 Å². The second-order valence-corrected chi connectivity index (χ2v) is 11.2. The normalized spacial score (nSPS) is 13.4. The fraction of sp³-hybridized carbons (Fsp3) is 0.333. The minimum Gasteiger partial charge on any atom is -0.444 e. The van der Waals surface area contributed by atoms with E-state index in [0.29, 0.717) is 17.7 Å². The summed E-state index contributed by atoms with van der Waals surface area (Å²) in [4.78, 5) is 54.5. The predicted molar refractivity (Wildman–Crippen MR) is 165 cm³/mol. The highest BCUT2D eigenvalue weighted by Gasteiger charge is 2.39.